The SMILES string of the molecule is C#CC[C@@H](O[C@H](COP(=O)(N[C@@H](C)C(=O)OCC(C)C)Oc1ccccc1)C(C)O)n1ccc(=O)[nH]c1=O. The van der Waals surface area contributed by atoms with Crippen molar-refractivity contribution in [3.05, 3.63) is 63.4 Å². The van der Waals surface area contributed by atoms with Crippen molar-refractivity contribution < 1.29 is 33.0 Å². The van der Waals surface area contributed by atoms with Gasteiger partial charge in [0.05, 0.1) is 25.7 Å². The number of rotatable bonds is 15. The van der Waals surface area contributed by atoms with Crippen LogP contribution in [0.5, 0.6) is 5.75 Å². The van der Waals surface area contributed by atoms with E-state index in [9.17, 15) is 24.1 Å². The van der Waals surface area contributed by atoms with Gasteiger partial charge in [0, 0.05) is 12.3 Å². The highest BCUT2D eigenvalue weighted by atomic mass is 31.2. The third kappa shape index (κ3) is 9.93. The average molecular weight is 552 g/mol. The zero-order chi connectivity index (χ0) is 28.3. The average Bonchev–Trinajstić information content (AvgIpc) is 2.84. The van der Waals surface area contributed by atoms with Gasteiger partial charge in [0.1, 0.15) is 24.1 Å². The first-order valence-electron chi connectivity index (χ1n) is 12.0. The van der Waals surface area contributed by atoms with Crippen molar-refractivity contribution >= 4 is 13.7 Å². The fourth-order valence-corrected chi connectivity index (χ4v) is 4.51. The molecular weight excluding hydrogens is 517 g/mol. The molecule has 0 spiro atoms. The third-order valence-corrected chi connectivity index (χ3v) is 6.61. The largest absolute Gasteiger partial charge is 0.464 e. The van der Waals surface area contributed by atoms with E-state index in [4.69, 9.17) is 24.9 Å². The van der Waals surface area contributed by atoms with Crippen molar-refractivity contribution in [3.63, 3.8) is 0 Å². The predicted octanol–water partition coefficient (Wildman–Crippen LogP) is 2.21. The number of benzene rings is 1. The second-order valence-electron chi connectivity index (χ2n) is 8.87. The maximum atomic E-state index is 13.7. The number of nitrogens with zero attached hydrogens (tertiary/aromatic N) is 1. The summed E-state index contributed by atoms with van der Waals surface area (Å²) in [7, 11) is -4.24. The first-order valence-corrected chi connectivity index (χ1v) is 13.5. The van der Waals surface area contributed by atoms with Crippen LogP contribution in [0, 0.1) is 18.3 Å². The van der Waals surface area contributed by atoms with Crippen LogP contribution in [0.4, 0.5) is 0 Å². The number of carbonyl (C=O) groups excluding carboxylic acids is 1. The molecule has 2 aromatic rings. The van der Waals surface area contributed by atoms with Gasteiger partial charge in [0.2, 0.25) is 0 Å². The van der Waals surface area contributed by atoms with Gasteiger partial charge in [-0.2, -0.15) is 5.09 Å². The number of carbonyl (C=O) groups is 1. The summed E-state index contributed by atoms with van der Waals surface area (Å²) in [5.74, 6) is 2.02. The highest BCUT2D eigenvalue weighted by molar-refractivity contribution is 7.52. The molecule has 0 aliphatic carbocycles. The van der Waals surface area contributed by atoms with Crippen molar-refractivity contribution in [1.82, 2.24) is 14.6 Å². The summed E-state index contributed by atoms with van der Waals surface area (Å²) in [6, 6.07) is 8.21. The third-order valence-electron chi connectivity index (χ3n) is 4.97. The smallest absolute Gasteiger partial charge is 0.459 e. The van der Waals surface area contributed by atoms with Gasteiger partial charge in [-0.15, -0.1) is 12.3 Å². The van der Waals surface area contributed by atoms with E-state index < -0.39 is 56.0 Å². The van der Waals surface area contributed by atoms with Crippen LogP contribution in [-0.2, 0) is 23.4 Å². The second kappa shape index (κ2) is 14.7. The number of hydrogen-bond acceptors (Lipinski definition) is 9. The van der Waals surface area contributed by atoms with Crippen LogP contribution in [0.15, 0.2) is 52.2 Å². The molecule has 0 saturated carbocycles. The molecule has 0 saturated heterocycles. The lowest BCUT2D eigenvalue weighted by atomic mass is 10.2. The zero-order valence-corrected chi connectivity index (χ0v) is 22.6. The molecule has 0 amide bonds. The van der Waals surface area contributed by atoms with E-state index in [1.165, 1.54) is 20.0 Å². The molecule has 5 atom stereocenters. The maximum Gasteiger partial charge on any atom is 0.459 e. The molecule has 3 N–H and O–H groups in total. The first kappa shape index (κ1) is 31.0. The van der Waals surface area contributed by atoms with Crippen LogP contribution < -0.4 is 20.9 Å². The fraction of sp³-hybridized carbons (Fsp3) is 0.480. The summed E-state index contributed by atoms with van der Waals surface area (Å²) in [5, 5.41) is 12.9. The number of nitrogens with one attached hydrogen (secondary N) is 2. The molecule has 1 aromatic carbocycles. The second-order valence-corrected chi connectivity index (χ2v) is 10.6. The van der Waals surface area contributed by atoms with E-state index in [2.05, 4.69) is 16.0 Å². The highest BCUT2D eigenvalue weighted by Crippen LogP contribution is 2.45. The summed E-state index contributed by atoms with van der Waals surface area (Å²) in [4.78, 5) is 38.2. The number of aromatic nitrogens is 2. The minimum atomic E-state index is -4.24. The lowest BCUT2D eigenvalue weighted by Gasteiger charge is -2.29. The summed E-state index contributed by atoms with van der Waals surface area (Å²) >= 11 is 0. The van der Waals surface area contributed by atoms with Crippen LogP contribution in [0.2, 0.25) is 0 Å². The van der Waals surface area contributed by atoms with Crippen LogP contribution >= 0.6 is 7.75 Å². The summed E-state index contributed by atoms with van der Waals surface area (Å²) in [6.07, 6.45) is 3.13. The Labute approximate surface area is 220 Å². The molecule has 1 heterocycles. The van der Waals surface area contributed by atoms with Gasteiger partial charge in [-0.3, -0.25) is 23.7 Å². The van der Waals surface area contributed by atoms with Crippen LogP contribution in [0.3, 0.4) is 0 Å². The zero-order valence-electron chi connectivity index (χ0n) is 21.7. The summed E-state index contributed by atoms with van der Waals surface area (Å²) in [6.45, 7) is 6.29. The van der Waals surface area contributed by atoms with Crippen LogP contribution in [0.25, 0.3) is 0 Å². The number of hydrogen-bond donors (Lipinski definition) is 3. The van der Waals surface area contributed by atoms with Crippen molar-refractivity contribution in [1.29, 1.82) is 0 Å². The Kier molecular flexibility index (Phi) is 12.0. The fourth-order valence-electron chi connectivity index (χ4n) is 3.01. The van der Waals surface area contributed by atoms with E-state index in [1.54, 1.807) is 30.3 Å². The van der Waals surface area contributed by atoms with Crippen molar-refractivity contribution in [2.24, 2.45) is 5.92 Å². The Morgan fingerprint density at radius 2 is 1.84 bits per heavy atom. The minimum absolute atomic E-state index is 0.0929. The number of para-hydroxylation sites is 1. The molecule has 0 aliphatic rings. The molecule has 12 nitrogen and oxygen atoms in total. The van der Waals surface area contributed by atoms with E-state index in [0.29, 0.717) is 0 Å². The molecular formula is C25H34N3O9P. The Bertz CT molecular complexity index is 1240. The van der Waals surface area contributed by atoms with Gasteiger partial charge < -0.3 is 19.1 Å². The van der Waals surface area contributed by atoms with E-state index in [1.807, 2.05) is 13.8 Å². The van der Waals surface area contributed by atoms with Crippen LogP contribution in [-0.4, -0.2) is 52.1 Å². The molecule has 38 heavy (non-hydrogen) atoms. The van der Waals surface area contributed by atoms with Crippen molar-refractivity contribution in [2.45, 2.75) is 58.6 Å². The number of ether oxygens (including phenoxy) is 2. The van der Waals surface area contributed by atoms with Crippen LogP contribution in [0.1, 0.15) is 40.3 Å². The number of H-pyrrole nitrogens is 1. The number of aliphatic hydroxyl groups is 1. The number of esters is 1. The molecule has 0 fully saturated rings. The molecule has 13 heteroatoms. The summed E-state index contributed by atoms with van der Waals surface area (Å²) < 4.78 is 37.0. The van der Waals surface area contributed by atoms with Crippen molar-refractivity contribution in [2.75, 3.05) is 13.2 Å². The predicted molar refractivity (Wildman–Crippen MR) is 139 cm³/mol. The Morgan fingerprint density at radius 1 is 1.16 bits per heavy atom. The van der Waals surface area contributed by atoms with E-state index in [0.717, 1.165) is 10.6 Å². The van der Waals surface area contributed by atoms with Gasteiger partial charge in [0.15, 0.2) is 0 Å². The number of aliphatic hydroxyl groups excluding tert-OH is 1. The van der Waals surface area contributed by atoms with Gasteiger partial charge in [0.25, 0.3) is 5.56 Å². The van der Waals surface area contributed by atoms with E-state index in [-0.39, 0.29) is 24.7 Å². The Morgan fingerprint density at radius 3 is 2.42 bits per heavy atom. The molecule has 2 unspecified atom stereocenters. The van der Waals surface area contributed by atoms with E-state index >= 15 is 0 Å². The van der Waals surface area contributed by atoms with Gasteiger partial charge in [-0.1, -0.05) is 32.0 Å². The Hall–Kier alpha value is -3.20. The standard InChI is InChI=1S/C25H34N3O9P/c1-6-10-23(28-14-13-22(30)26-25(28)32)36-21(19(5)29)16-35-38(33,37-20-11-8-7-9-12-20)27-18(4)24(31)34-15-17(2)3/h1,7-9,11-14,17-19,21,23,29H,10,15-16H2,2-5H3,(H,27,33)(H,26,30,32)/t18-,19?,21+,23+,38?/m0/s1. The van der Waals surface area contributed by atoms with Crippen molar-refractivity contribution in [3.8, 4) is 18.1 Å². The van der Waals surface area contributed by atoms with Gasteiger partial charge >= 0.3 is 19.4 Å². The summed E-state index contributed by atoms with van der Waals surface area (Å²) in [5.41, 5.74) is -1.37. The molecule has 2 rings (SSSR count). The number of terminal acetylenes is 1. The topological polar surface area (TPSA) is 158 Å². The van der Waals surface area contributed by atoms with Gasteiger partial charge in [-0.05, 0) is 31.9 Å². The molecule has 0 radical (unpaired) electrons. The molecule has 208 valence electrons. The number of aromatic amines is 1. The lowest BCUT2D eigenvalue weighted by molar-refractivity contribution is -0.146. The van der Waals surface area contributed by atoms with Gasteiger partial charge in [-0.25, -0.2) is 9.36 Å². The molecule has 0 bridgehead atoms. The first-order chi connectivity index (χ1) is 17.9. The maximum absolute atomic E-state index is 13.7. The monoisotopic (exact) mass is 551 g/mol. The molecule has 1 aromatic heterocycles. The highest BCUT2D eigenvalue weighted by Gasteiger charge is 2.35. The minimum Gasteiger partial charge on any atom is -0.464 e. The normalized spacial score (nSPS) is 16.0. The molecule has 0 aliphatic heterocycles. The lowest BCUT2D eigenvalue weighted by Crippen LogP contribution is -2.40. The Balaban J connectivity index is 2.24. The quantitative estimate of drug-likeness (QED) is 0.170.